The second-order valence-corrected chi connectivity index (χ2v) is 8.07. The Hall–Kier alpha value is -3.80. The van der Waals surface area contributed by atoms with Crippen molar-refractivity contribution in [3.05, 3.63) is 83.9 Å². The number of para-hydroxylation sites is 1. The van der Waals surface area contributed by atoms with Crippen LogP contribution in [0.5, 0.6) is 5.75 Å². The maximum absolute atomic E-state index is 12.9. The zero-order chi connectivity index (χ0) is 22.5. The summed E-state index contributed by atoms with van der Waals surface area (Å²) < 4.78 is 5.13. The molecule has 0 saturated carbocycles. The zero-order valence-corrected chi connectivity index (χ0v) is 18.3. The second-order valence-electron chi connectivity index (χ2n) is 8.07. The van der Waals surface area contributed by atoms with Gasteiger partial charge in [0.05, 0.1) is 18.4 Å². The van der Waals surface area contributed by atoms with Gasteiger partial charge in [-0.3, -0.25) is 9.59 Å². The van der Waals surface area contributed by atoms with Crippen LogP contribution in [0.15, 0.2) is 72.8 Å². The molecule has 6 heteroatoms. The minimum atomic E-state index is -0.294. The summed E-state index contributed by atoms with van der Waals surface area (Å²) in [7, 11) is 1.57. The molecule has 3 aromatic rings. The van der Waals surface area contributed by atoms with Gasteiger partial charge < -0.3 is 20.3 Å². The fourth-order valence-corrected chi connectivity index (χ4v) is 3.85. The van der Waals surface area contributed by atoms with E-state index in [4.69, 9.17) is 4.74 Å². The Morgan fingerprint density at radius 3 is 2.28 bits per heavy atom. The first kappa shape index (κ1) is 21.4. The highest BCUT2D eigenvalue weighted by atomic mass is 16.5. The molecule has 32 heavy (non-hydrogen) atoms. The number of benzene rings is 3. The van der Waals surface area contributed by atoms with E-state index >= 15 is 0 Å². The molecule has 3 aromatic carbocycles. The van der Waals surface area contributed by atoms with Crippen LogP contribution in [0.3, 0.4) is 0 Å². The number of nitrogens with zero attached hydrogens (tertiary/aromatic N) is 1. The molecule has 2 N–H and O–H groups in total. The SMILES string of the molecule is COc1ccc(C(=O)Nc2ccccc2C(=O)Nc2ccc(N3CCC(C)C3)cc2)cc1. The smallest absolute Gasteiger partial charge is 0.257 e. The van der Waals surface area contributed by atoms with Gasteiger partial charge in [-0.15, -0.1) is 0 Å². The van der Waals surface area contributed by atoms with Gasteiger partial charge in [-0.1, -0.05) is 19.1 Å². The van der Waals surface area contributed by atoms with Crippen molar-refractivity contribution in [2.24, 2.45) is 5.92 Å². The Bertz CT molecular complexity index is 1090. The van der Waals surface area contributed by atoms with Gasteiger partial charge in [0, 0.05) is 30.0 Å². The van der Waals surface area contributed by atoms with Crippen molar-refractivity contribution in [3.63, 3.8) is 0 Å². The van der Waals surface area contributed by atoms with Crippen molar-refractivity contribution in [2.75, 3.05) is 35.7 Å². The van der Waals surface area contributed by atoms with E-state index in [0.717, 1.165) is 13.1 Å². The van der Waals surface area contributed by atoms with E-state index in [0.29, 0.717) is 34.2 Å². The third kappa shape index (κ3) is 4.91. The maximum Gasteiger partial charge on any atom is 0.257 e. The van der Waals surface area contributed by atoms with Gasteiger partial charge in [0.15, 0.2) is 0 Å². The van der Waals surface area contributed by atoms with Crippen LogP contribution in [0.1, 0.15) is 34.1 Å². The molecule has 6 nitrogen and oxygen atoms in total. The van der Waals surface area contributed by atoms with E-state index in [-0.39, 0.29) is 11.8 Å². The lowest BCUT2D eigenvalue weighted by Crippen LogP contribution is -2.19. The first-order valence-electron chi connectivity index (χ1n) is 10.7. The van der Waals surface area contributed by atoms with E-state index in [2.05, 4.69) is 22.5 Å². The van der Waals surface area contributed by atoms with Crippen LogP contribution >= 0.6 is 0 Å². The predicted molar refractivity (Wildman–Crippen MR) is 128 cm³/mol. The molecule has 2 amide bonds. The molecular formula is C26H27N3O3. The number of rotatable bonds is 6. The lowest BCUT2D eigenvalue weighted by Gasteiger charge is -2.18. The average molecular weight is 430 g/mol. The van der Waals surface area contributed by atoms with Crippen molar-refractivity contribution in [1.82, 2.24) is 0 Å². The maximum atomic E-state index is 12.9. The summed E-state index contributed by atoms with van der Waals surface area (Å²) in [6.07, 6.45) is 1.21. The number of hydrogen-bond donors (Lipinski definition) is 2. The van der Waals surface area contributed by atoms with Gasteiger partial charge in [0.25, 0.3) is 11.8 Å². The van der Waals surface area contributed by atoms with Crippen LogP contribution < -0.4 is 20.3 Å². The highest BCUT2D eigenvalue weighted by Gasteiger charge is 2.19. The van der Waals surface area contributed by atoms with E-state index in [9.17, 15) is 9.59 Å². The number of carbonyl (C=O) groups is 2. The molecule has 1 saturated heterocycles. The number of hydrogen-bond acceptors (Lipinski definition) is 4. The summed E-state index contributed by atoms with van der Waals surface area (Å²) >= 11 is 0. The Morgan fingerprint density at radius 1 is 0.906 bits per heavy atom. The van der Waals surface area contributed by atoms with Gasteiger partial charge in [0.1, 0.15) is 5.75 Å². The van der Waals surface area contributed by atoms with Crippen molar-refractivity contribution < 1.29 is 14.3 Å². The van der Waals surface area contributed by atoms with E-state index < -0.39 is 0 Å². The van der Waals surface area contributed by atoms with Crippen LogP contribution in [0.4, 0.5) is 17.1 Å². The normalized spacial score (nSPS) is 15.3. The fraction of sp³-hybridized carbons (Fsp3) is 0.231. The summed E-state index contributed by atoms with van der Waals surface area (Å²) in [5, 5.41) is 5.76. The summed E-state index contributed by atoms with van der Waals surface area (Å²) in [6, 6.07) is 21.7. The van der Waals surface area contributed by atoms with E-state index in [1.54, 1.807) is 55.6 Å². The fourth-order valence-electron chi connectivity index (χ4n) is 3.85. The van der Waals surface area contributed by atoms with Crippen molar-refractivity contribution >= 4 is 28.9 Å². The van der Waals surface area contributed by atoms with Gasteiger partial charge in [0.2, 0.25) is 0 Å². The monoisotopic (exact) mass is 429 g/mol. The van der Waals surface area contributed by atoms with Crippen molar-refractivity contribution in [2.45, 2.75) is 13.3 Å². The molecule has 0 radical (unpaired) electrons. The van der Waals surface area contributed by atoms with E-state index in [1.807, 2.05) is 24.3 Å². The molecule has 0 aliphatic carbocycles. The molecule has 0 bridgehead atoms. The topological polar surface area (TPSA) is 70.7 Å². The highest BCUT2D eigenvalue weighted by Crippen LogP contribution is 2.25. The largest absolute Gasteiger partial charge is 0.497 e. The Balaban J connectivity index is 1.44. The molecule has 1 unspecified atom stereocenters. The van der Waals surface area contributed by atoms with Gasteiger partial charge in [-0.2, -0.15) is 0 Å². The van der Waals surface area contributed by atoms with Crippen LogP contribution in [-0.2, 0) is 0 Å². The lowest BCUT2D eigenvalue weighted by molar-refractivity contribution is 0.102. The molecule has 0 aromatic heterocycles. The number of anilines is 3. The standard InChI is InChI=1S/C26H27N3O3/c1-18-15-16-29(17-18)21-11-9-20(10-12-21)27-26(31)23-5-3-4-6-24(23)28-25(30)19-7-13-22(32-2)14-8-19/h3-14,18H,15-17H2,1-2H3,(H,27,31)(H,28,30). The zero-order valence-electron chi connectivity index (χ0n) is 18.3. The number of ether oxygens (including phenoxy) is 1. The van der Waals surface area contributed by atoms with Crippen molar-refractivity contribution in [1.29, 1.82) is 0 Å². The number of methoxy groups -OCH3 is 1. The molecule has 0 spiro atoms. The number of carbonyl (C=O) groups excluding carboxylic acids is 2. The highest BCUT2D eigenvalue weighted by molar-refractivity contribution is 6.12. The summed E-state index contributed by atoms with van der Waals surface area (Å²) in [5.41, 5.74) is 3.20. The van der Waals surface area contributed by atoms with Crippen molar-refractivity contribution in [3.8, 4) is 5.75 Å². The summed E-state index contributed by atoms with van der Waals surface area (Å²) in [4.78, 5) is 27.9. The third-order valence-corrected chi connectivity index (χ3v) is 5.69. The first-order chi connectivity index (χ1) is 15.5. The van der Waals surface area contributed by atoms with Crippen LogP contribution in [0.25, 0.3) is 0 Å². The Kier molecular flexibility index (Phi) is 6.40. The first-order valence-corrected chi connectivity index (χ1v) is 10.7. The Morgan fingerprint density at radius 2 is 1.62 bits per heavy atom. The summed E-state index contributed by atoms with van der Waals surface area (Å²) in [6.45, 7) is 4.39. The van der Waals surface area contributed by atoms with Gasteiger partial charge >= 0.3 is 0 Å². The average Bonchev–Trinajstić information content (AvgIpc) is 3.26. The molecule has 164 valence electrons. The van der Waals surface area contributed by atoms with Crippen LogP contribution in [0.2, 0.25) is 0 Å². The van der Waals surface area contributed by atoms with Crippen LogP contribution in [-0.4, -0.2) is 32.0 Å². The third-order valence-electron chi connectivity index (χ3n) is 5.69. The molecule has 1 fully saturated rings. The summed E-state index contributed by atoms with van der Waals surface area (Å²) in [5.74, 6) is 0.806. The molecule has 1 aliphatic rings. The Labute approximate surface area is 188 Å². The molecule has 1 aliphatic heterocycles. The lowest BCUT2D eigenvalue weighted by atomic mass is 10.1. The quantitative estimate of drug-likeness (QED) is 0.576. The van der Waals surface area contributed by atoms with E-state index in [1.165, 1.54) is 12.1 Å². The second kappa shape index (κ2) is 9.56. The molecule has 1 atom stereocenters. The number of nitrogens with one attached hydrogen (secondary N) is 2. The molecular weight excluding hydrogens is 402 g/mol. The van der Waals surface area contributed by atoms with Gasteiger partial charge in [-0.25, -0.2) is 0 Å². The molecule has 4 rings (SSSR count). The number of amides is 2. The minimum absolute atomic E-state index is 0.279. The predicted octanol–water partition coefficient (Wildman–Crippen LogP) is 5.05. The minimum Gasteiger partial charge on any atom is -0.497 e. The molecule has 1 heterocycles. The van der Waals surface area contributed by atoms with Gasteiger partial charge in [-0.05, 0) is 73.0 Å². The van der Waals surface area contributed by atoms with Crippen LogP contribution in [0, 0.1) is 5.92 Å².